The van der Waals surface area contributed by atoms with Crippen molar-refractivity contribution >= 4 is 22.4 Å². The first-order valence-corrected chi connectivity index (χ1v) is 6.49. The molecule has 0 amide bonds. The zero-order chi connectivity index (χ0) is 14.7. The SMILES string of the molecule is N#Cc1cccc(CNc2ncnc3cc(N)ccc23)c1. The molecule has 3 rings (SSSR count). The van der Waals surface area contributed by atoms with Crippen LogP contribution in [0.25, 0.3) is 10.9 Å². The molecule has 0 saturated carbocycles. The average molecular weight is 275 g/mol. The van der Waals surface area contributed by atoms with E-state index in [2.05, 4.69) is 21.4 Å². The van der Waals surface area contributed by atoms with Gasteiger partial charge in [0.15, 0.2) is 0 Å². The summed E-state index contributed by atoms with van der Waals surface area (Å²) in [5.74, 6) is 0.752. The van der Waals surface area contributed by atoms with Crippen molar-refractivity contribution in [3.8, 4) is 6.07 Å². The number of hydrogen-bond donors (Lipinski definition) is 2. The third-order valence-corrected chi connectivity index (χ3v) is 3.18. The molecule has 5 nitrogen and oxygen atoms in total. The molecule has 102 valence electrons. The van der Waals surface area contributed by atoms with Gasteiger partial charge in [-0.2, -0.15) is 5.26 Å². The molecule has 0 unspecified atom stereocenters. The van der Waals surface area contributed by atoms with E-state index in [1.54, 1.807) is 6.07 Å². The number of nitrogens with one attached hydrogen (secondary N) is 1. The summed E-state index contributed by atoms with van der Waals surface area (Å²) in [5.41, 5.74) is 8.91. The molecule has 21 heavy (non-hydrogen) atoms. The van der Waals surface area contributed by atoms with Crippen molar-refractivity contribution in [2.75, 3.05) is 11.1 Å². The van der Waals surface area contributed by atoms with Crippen LogP contribution in [0.3, 0.4) is 0 Å². The molecule has 0 bridgehead atoms. The molecule has 0 saturated heterocycles. The van der Waals surface area contributed by atoms with E-state index in [-0.39, 0.29) is 0 Å². The number of nitrogen functional groups attached to an aromatic ring is 1. The third-order valence-electron chi connectivity index (χ3n) is 3.18. The number of benzene rings is 2. The predicted molar refractivity (Wildman–Crippen MR) is 82.4 cm³/mol. The molecule has 5 heteroatoms. The molecule has 0 aliphatic heterocycles. The molecule has 0 atom stereocenters. The summed E-state index contributed by atoms with van der Waals surface area (Å²) in [7, 11) is 0. The topological polar surface area (TPSA) is 87.6 Å². The molecule has 0 spiro atoms. The number of nitriles is 1. The Kier molecular flexibility index (Phi) is 3.36. The normalized spacial score (nSPS) is 10.2. The number of anilines is 2. The largest absolute Gasteiger partial charge is 0.399 e. The first-order chi connectivity index (χ1) is 10.3. The Balaban J connectivity index is 1.87. The third kappa shape index (κ3) is 2.74. The minimum atomic E-state index is 0.589. The van der Waals surface area contributed by atoms with Crippen LogP contribution >= 0.6 is 0 Å². The second kappa shape index (κ2) is 5.47. The average Bonchev–Trinajstić information content (AvgIpc) is 2.52. The Bertz CT molecular complexity index is 835. The van der Waals surface area contributed by atoms with Crippen LogP contribution in [-0.4, -0.2) is 9.97 Å². The van der Waals surface area contributed by atoms with Crippen LogP contribution in [0.1, 0.15) is 11.1 Å². The second-order valence-corrected chi connectivity index (χ2v) is 4.66. The summed E-state index contributed by atoms with van der Waals surface area (Å²) in [6.45, 7) is 0.589. The lowest BCUT2D eigenvalue weighted by Crippen LogP contribution is -2.03. The summed E-state index contributed by atoms with van der Waals surface area (Å²) in [4.78, 5) is 8.48. The van der Waals surface area contributed by atoms with Gasteiger partial charge in [-0.05, 0) is 35.9 Å². The number of fused-ring (bicyclic) bond motifs is 1. The van der Waals surface area contributed by atoms with Crippen molar-refractivity contribution in [2.45, 2.75) is 6.54 Å². The Hall–Kier alpha value is -3.13. The maximum atomic E-state index is 8.91. The quantitative estimate of drug-likeness (QED) is 0.717. The van der Waals surface area contributed by atoms with E-state index in [1.807, 2.05) is 36.4 Å². The smallest absolute Gasteiger partial charge is 0.137 e. The van der Waals surface area contributed by atoms with Crippen LogP contribution in [-0.2, 0) is 6.54 Å². The standard InChI is InChI=1S/C16H13N5/c17-8-11-2-1-3-12(6-11)9-19-16-14-5-4-13(18)7-15(14)20-10-21-16/h1-7,10H,9,18H2,(H,19,20,21). The van der Waals surface area contributed by atoms with E-state index in [0.29, 0.717) is 17.8 Å². The van der Waals surface area contributed by atoms with Crippen LogP contribution in [0, 0.1) is 11.3 Å². The van der Waals surface area contributed by atoms with Gasteiger partial charge in [0.05, 0.1) is 17.1 Å². The number of nitrogens with zero attached hydrogens (tertiary/aromatic N) is 3. The van der Waals surface area contributed by atoms with E-state index in [4.69, 9.17) is 11.0 Å². The fraction of sp³-hybridized carbons (Fsp3) is 0.0625. The fourth-order valence-corrected chi connectivity index (χ4v) is 2.15. The first-order valence-electron chi connectivity index (χ1n) is 6.49. The van der Waals surface area contributed by atoms with E-state index in [0.717, 1.165) is 22.3 Å². The molecule has 1 heterocycles. The van der Waals surface area contributed by atoms with E-state index >= 15 is 0 Å². The molecule has 0 radical (unpaired) electrons. The van der Waals surface area contributed by atoms with Gasteiger partial charge in [-0.3, -0.25) is 0 Å². The first kappa shape index (κ1) is 12.9. The molecular weight excluding hydrogens is 262 g/mol. The van der Waals surface area contributed by atoms with Crippen molar-refractivity contribution in [3.05, 3.63) is 59.9 Å². The Morgan fingerprint density at radius 3 is 2.90 bits per heavy atom. The van der Waals surface area contributed by atoms with Gasteiger partial charge in [-0.1, -0.05) is 12.1 Å². The van der Waals surface area contributed by atoms with Gasteiger partial charge >= 0.3 is 0 Å². The van der Waals surface area contributed by atoms with Gasteiger partial charge in [0.1, 0.15) is 12.1 Å². The maximum absolute atomic E-state index is 8.91. The Labute approximate surface area is 122 Å². The molecular formula is C16H13N5. The molecule has 3 aromatic rings. The summed E-state index contributed by atoms with van der Waals surface area (Å²) in [6.07, 6.45) is 1.51. The zero-order valence-corrected chi connectivity index (χ0v) is 11.2. The summed E-state index contributed by atoms with van der Waals surface area (Å²) >= 11 is 0. The van der Waals surface area contributed by atoms with Crippen molar-refractivity contribution < 1.29 is 0 Å². The fourth-order valence-electron chi connectivity index (χ4n) is 2.15. The Morgan fingerprint density at radius 1 is 1.14 bits per heavy atom. The minimum Gasteiger partial charge on any atom is -0.399 e. The van der Waals surface area contributed by atoms with Crippen LogP contribution in [0.4, 0.5) is 11.5 Å². The van der Waals surface area contributed by atoms with Crippen molar-refractivity contribution in [1.82, 2.24) is 9.97 Å². The van der Waals surface area contributed by atoms with Gasteiger partial charge in [0, 0.05) is 17.6 Å². The molecule has 1 aromatic heterocycles. The number of rotatable bonds is 3. The molecule has 0 fully saturated rings. The minimum absolute atomic E-state index is 0.589. The lowest BCUT2D eigenvalue weighted by atomic mass is 10.1. The highest BCUT2D eigenvalue weighted by Crippen LogP contribution is 2.21. The summed E-state index contributed by atoms with van der Waals surface area (Å²) < 4.78 is 0. The van der Waals surface area contributed by atoms with Gasteiger partial charge in [-0.25, -0.2) is 9.97 Å². The van der Waals surface area contributed by atoms with Crippen LogP contribution in [0.15, 0.2) is 48.8 Å². The summed E-state index contributed by atoms with van der Waals surface area (Å²) in [5, 5.41) is 13.1. The number of hydrogen-bond acceptors (Lipinski definition) is 5. The van der Waals surface area contributed by atoms with Crippen molar-refractivity contribution in [2.24, 2.45) is 0 Å². The van der Waals surface area contributed by atoms with Crippen molar-refractivity contribution in [3.63, 3.8) is 0 Å². The lowest BCUT2D eigenvalue weighted by molar-refractivity contribution is 1.10. The van der Waals surface area contributed by atoms with E-state index in [9.17, 15) is 0 Å². The lowest BCUT2D eigenvalue weighted by Gasteiger charge is -2.09. The van der Waals surface area contributed by atoms with Crippen LogP contribution in [0.5, 0.6) is 0 Å². The van der Waals surface area contributed by atoms with Gasteiger partial charge in [0.2, 0.25) is 0 Å². The number of aromatic nitrogens is 2. The van der Waals surface area contributed by atoms with Crippen LogP contribution < -0.4 is 11.1 Å². The molecule has 0 aliphatic carbocycles. The van der Waals surface area contributed by atoms with Crippen molar-refractivity contribution in [1.29, 1.82) is 5.26 Å². The highest BCUT2D eigenvalue weighted by Gasteiger charge is 2.04. The van der Waals surface area contributed by atoms with E-state index < -0.39 is 0 Å². The molecule has 0 aliphatic rings. The highest BCUT2D eigenvalue weighted by molar-refractivity contribution is 5.90. The number of nitrogens with two attached hydrogens (primary N) is 1. The predicted octanol–water partition coefficient (Wildman–Crippen LogP) is 2.70. The Morgan fingerprint density at radius 2 is 2.05 bits per heavy atom. The van der Waals surface area contributed by atoms with Crippen LogP contribution in [0.2, 0.25) is 0 Å². The van der Waals surface area contributed by atoms with Gasteiger partial charge in [0.25, 0.3) is 0 Å². The maximum Gasteiger partial charge on any atom is 0.137 e. The van der Waals surface area contributed by atoms with Gasteiger partial charge in [-0.15, -0.1) is 0 Å². The second-order valence-electron chi connectivity index (χ2n) is 4.66. The molecule has 3 N–H and O–H groups in total. The van der Waals surface area contributed by atoms with Gasteiger partial charge < -0.3 is 11.1 Å². The summed E-state index contributed by atoms with van der Waals surface area (Å²) in [6, 6.07) is 15.2. The monoisotopic (exact) mass is 275 g/mol. The zero-order valence-electron chi connectivity index (χ0n) is 11.2. The molecule has 2 aromatic carbocycles. The van der Waals surface area contributed by atoms with E-state index in [1.165, 1.54) is 6.33 Å². The highest BCUT2D eigenvalue weighted by atomic mass is 15.0.